The SMILES string of the molecule is Fc1ccc(-c2cnc3[nH]ccc3c2)cc1F. The summed E-state index contributed by atoms with van der Waals surface area (Å²) in [6, 6.07) is 7.59. The Bertz CT molecular complexity index is 689. The monoisotopic (exact) mass is 230 g/mol. The summed E-state index contributed by atoms with van der Waals surface area (Å²) >= 11 is 0. The van der Waals surface area contributed by atoms with Crippen molar-refractivity contribution in [3.8, 4) is 11.1 Å². The lowest BCUT2D eigenvalue weighted by Gasteiger charge is -2.02. The smallest absolute Gasteiger partial charge is 0.159 e. The van der Waals surface area contributed by atoms with Crippen LogP contribution in [0.1, 0.15) is 0 Å². The van der Waals surface area contributed by atoms with Crippen LogP contribution in [0.5, 0.6) is 0 Å². The lowest BCUT2D eigenvalue weighted by Crippen LogP contribution is -1.86. The number of benzene rings is 1. The van der Waals surface area contributed by atoms with E-state index in [4.69, 9.17) is 0 Å². The first-order valence-electron chi connectivity index (χ1n) is 5.12. The van der Waals surface area contributed by atoms with E-state index in [-0.39, 0.29) is 0 Å². The Morgan fingerprint density at radius 1 is 0.941 bits per heavy atom. The fourth-order valence-electron chi connectivity index (χ4n) is 1.77. The molecule has 4 heteroatoms. The van der Waals surface area contributed by atoms with Gasteiger partial charge < -0.3 is 4.98 Å². The quantitative estimate of drug-likeness (QED) is 0.680. The molecule has 84 valence electrons. The zero-order valence-electron chi connectivity index (χ0n) is 8.74. The lowest BCUT2D eigenvalue weighted by molar-refractivity contribution is 0.509. The fourth-order valence-corrected chi connectivity index (χ4v) is 1.77. The highest BCUT2D eigenvalue weighted by atomic mass is 19.2. The molecule has 0 aliphatic rings. The second-order valence-corrected chi connectivity index (χ2v) is 3.77. The summed E-state index contributed by atoms with van der Waals surface area (Å²) in [4.78, 5) is 7.17. The van der Waals surface area contributed by atoms with Crippen molar-refractivity contribution >= 4 is 11.0 Å². The van der Waals surface area contributed by atoms with Crippen molar-refractivity contribution in [2.24, 2.45) is 0 Å². The molecule has 0 saturated carbocycles. The van der Waals surface area contributed by atoms with Crippen molar-refractivity contribution in [2.75, 3.05) is 0 Å². The molecule has 0 aliphatic carbocycles. The third-order valence-electron chi connectivity index (χ3n) is 2.65. The maximum atomic E-state index is 13.1. The van der Waals surface area contributed by atoms with Gasteiger partial charge in [-0.05, 0) is 29.8 Å². The summed E-state index contributed by atoms with van der Waals surface area (Å²) < 4.78 is 25.9. The number of aromatic nitrogens is 2. The van der Waals surface area contributed by atoms with Gasteiger partial charge in [-0.25, -0.2) is 13.8 Å². The first-order valence-corrected chi connectivity index (χ1v) is 5.12. The van der Waals surface area contributed by atoms with Crippen LogP contribution in [-0.2, 0) is 0 Å². The van der Waals surface area contributed by atoms with Crippen LogP contribution in [0.2, 0.25) is 0 Å². The van der Waals surface area contributed by atoms with Crippen LogP contribution in [0, 0.1) is 11.6 Å². The fraction of sp³-hybridized carbons (Fsp3) is 0. The van der Waals surface area contributed by atoms with E-state index in [1.807, 2.05) is 12.1 Å². The van der Waals surface area contributed by atoms with Crippen LogP contribution >= 0.6 is 0 Å². The van der Waals surface area contributed by atoms with Gasteiger partial charge in [0.05, 0.1) is 0 Å². The number of aromatic amines is 1. The predicted molar refractivity (Wildman–Crippen MR) is 61.4 cm³/mol. The summed E-state index contributed by atoms with van der Waals surface area (Å²) in [5.74, 6) is -1.69. The Balaban J connectivity index is 2.16. The standard InChI is InChI=1S/C13H8F2N2/c14-11-2-1-8(6-12(11)15)10-5-9-3-4-16-13(9)17-7-10/h1-7H,(H,16,17). The highest BCUT2D eigenvalue weighted by molar-refractivity contribution is 5.81. The van der Waals surface area contributed by atoms with Crippen LogP contribution in [0.15, 0.2) is 42.7 Å². The average molecular weight is 230 g/mol. The van der Waals surface area contributed by atoms with Gasteiger partial charge >= 0.3 is 0 Å². The van der Waals surface area contributed by atoms with Gasteiger partial charge in [-0.15, -0.1) is 0 Å². The first-order chi connectivity index (χ1) is 8.24. The maximum Gasteiger partial charge on any atom is 0.159 e. The molecule has 0 saturated heterocycles. The van der Waals surface area contributed by atoms with Crippen molar-refractivity contribution in [2.45, 2.75) is 0 Å². The van der Waals surface area contributed by atoms with Gasteiger partial charge in [-0.2, -0.15) is 0 Å². The van der Waals surface area contributed by atoms with Gasteiger partial charge in [-0.3, -0.25) is 0 Å². The molecular formula is C13H8F2N2. The molecule has 0 radical (unpaired) electrons. The van der Waals surface area contributed by atoms with Crippen LogP contribution in [0.3, 0.4) is 0 Å². The van der Waals surface area contributed by atoms with Crippen molar-refractivity contribution in [3.05, 3.63) is 54.4 Å². The molecule has 2 nitrogen and oxygen atoms in total. The van der Waals surface area contributed by atoms with E-state index in [0.717, 1.165) is 22.7 Å². The second kappa shape index (κ2) is 3.66. The molecule has 3 rings (SSSR count). The number of hydrogen-bond donors (Lipinski definition) is 1. The molecule has 1 aromatic carbocycles. The molecule has 0 atom stereocenters. The van der Waals surface area contributed by atoms with Crippen LogP contribution in [-0.4, -0.2) is 9.97 Å². The molecule has 0 fully saturated rings. The summed E-state index contributed by atoms with van der Waals surface area (Å²) in [5, 5.41) is 0.937. The van der Waals surface area contributed by atoms with Gasteiger partial charge in [0.2, 0.25) is 0 Å². The van der Waals surface area contributed by atoms with E-state index in [2.05, 4.69) is 9.97 Å². The summed E-state index contributed by atoms with van der Waals surface area (Å²) in [7, 11) is 0. The van der Waals surface area contributed by atoms with Crippen molar-refractivity contribution < 1.29 is 8.78 Å². The number of halogens is 2. The molecule has 1 N–H and O–H groups in total. The molecule has 0 unspecified atom stereocenters. The average Bonchev–Trinajstić information content (AvgIpc) is 2.79. The third-order valence-corrected chi connectivity index (χ3v) is 2.65. The Morgan fingerprint density at radius 2 is 1.82 bits per heavy atom. The number of nitrogens with zero attached hydrogens (tertiary/aromatic N) is 1. The van der Waals surface area contributed by atoms with Gasteiger partial charge in [0.1, 0.15) is 5.65 Å². The number of fused-ring (bicyclic) bond motifs is 1. The molecule has 17 heavy (non-hydrogen) atoms. The van der Waals surface area contributed by atoms with Crippen molar-refractivity contribution in [3.63, 3.8) is 0 Å². The van der Waals surface area contributed by atoms with E-state index in [1.165, 1.54) is 12.1 Å². The minimum atomic E-state index is -0.850. The van der Waals surface area contributed by atoms with Crippen molar-refractivity contribution in [1.29, 1.82) is 0 Å². The highest BCUT2D eigenvalue weighted by Crippen LogP contribution is 2.23. The van der Waals surface area contributed by atoms with E-state index in [9.17, 15) is 8.78 Å². The van der Waals surface area contributed by atoms with Crippen LogP contribution < -0.4 is 0 Å². The van der Waals surface area contributed by atoms with Gasteiger partial charge in [0.15, 0.2) is 11.6 Å². The van der Waals surface area contributed by atoms with Gasteiger partial charge in [-0.1, -0.05) is 6.07 Å². The van der Waals surface area contributed by atoms with E-state index < -0.39 is 11.6 Å². The predicted octanol–water partition coefficient (Wildman–Crippen LogP) is 3.51. The maximum absolute atomic E-state index is 13.1. The van der Waals surface area contributed by atoms with Crippen molar-refractivity contribution in [1.82, 2.24) is 9.97 Å². The Labute approximate surface area is 95.9 Å². The highest BCUT2D eigenvalue weighted by Gasteiger charge is 2.05. The lowest BCUT2D eigenvalue weighted by atomic mass is 10.1. The number of pyridine rings is 1. The van der Waals surface area contributed by atoms with E-state index in [1.54, 1.807) is 12.4 Å². The summed E-state index contributed by atoms with van der Waals surface area (Å²) in [6.45, 7) is 0. The van der Waals surface area contributed by atoms with E-state index in [0.29, 0.717) is 5.56 Å². The van der Waals surface area contributed by atoms with Gasteiger partial charge in [0, 0.05) is 23.3 Å². The Kier molecular flexibility index (Phi) is 2.14. The van der Waals surface area contributed by atoms with E-state index >= 15 is 0 Å². The largest absolute Gasteiger partial charge is 0.346 e. The normalized spacial score (nSPS) is 10.9. The topological polar surface area (TPSA) is 28.7 Å². The summed E-state index contributed by atoms with van der Waals surface area (Å²) in [6.07, 6.45) is 3.41. The molecule has 0 aliphatic heterocycles. The third kappa shape index (κ3) is 1.67. The number of hydrogen-bond acceptors (Lipinski definition) is 1. The molecule has 3 aromatic rings. The number of rotatable bonds is 1. The zero-order valence-corrected chi connectivity index (χ0v) is 8.74. The Morgan fingerprint density at radius 3 is 2.65 bits per heavy atom. The molecule has 2 heterocycles. The minimum absolute atomic E-state index is 0.611. The summed E-state index contributed by atoms with van der Waals surface area (Å²) in [5.41, 5.74) is 2.15. The molecule has 0 spiro atoms. The molecular weight excluding hydrogens is 222 g/mol. The van der Waals surface area contributed by atoms with Crippen LogP contribution in [0.4, 0.5) is 8.78 Å². The zero-order chi connectivity index (χ0) is 11.8. The van der Waals surface area contributed by atoms with Crippen LogP contribution in [0.25, 0.3) is 22.2 Å². The second-order valence-electron chi connectivity index (χ2n) is 3.77. The molecule has 0 amide bonds. The molecule has 0 bridgehead atoms. The number of nitrogens with one attached hydrogen (secondary N) is 1. The molecule has 2 aromatic heterocycles. The number of H-pyrrole nitrogens is 1. The first kappa shape index (κ1) is 9.96. The minimum Gasteiger partial charge on any atom is -0.346 e. The Hall–Kier alpha value is -2.23. The van der Waals surface area contributed by atoms with Gasteiger partial charge in [0.25, 0.3) is 0 Å².